The predicted octanol–water partition coefficient (Wildman–Crippen LogP) is 4.77. The zero-order valence-electron chi connectivity index (χ0n) is 15.0. The number of thiocarbonyl (C=S) groups is 1. The Balaban J connectivity index is 1.85. The molecular formula is C19H13Cl2NO6S2. The zero-order valence-corrected chi connectivity index (χ0v) is 18.1. The molecule has 11 heteroatoms. The largest absolute Gasteiger partial charge is 0.481 e. The normalized spacial score (nSPS) is 16.3. The Bertz CT molecular complexity index is 1080. The lowest BCUT2D eigenvalue weighted by Crippen LogP contribution is -2.44. The molecule has 1 unspecified atom stereocenters. The number of carboxylic acids is 2. The van der Waals surface area contributed by atoms with Gasteiger partial charge >= 0.3 is 11.9 Å². The third-order valence-corrected chi connectivity index (χ3v) is 6.32. The van der Waals surface area contributed by atoms with E-state index in [4.69, 9.17) is 44.9 Å². The van der Waals surface area contributed by atoms with E-state index in [2.05, 4.69) is 0 Å². The molecule has 0 bridgehead atoms. The molecule has 1 aliphatic rings. The van der Waals surface area contributed by atoms with Crippen molar-refractivity contribution >= 4 is 75.4 Å². The second-order valence-electron chi connectivity index (χ2n) is 6.14. The summed E-state index contributed by atoms with van der Waals surface area (Å²) >= 11 is 18.3. The minimum atomic E-state index is -1.36. The molecule has 7 nitrogen and oxygen atoms in total. The van der Waals surface area contributed by atoms with Gasteiger partial charge in [-0.3, -0.25) is 14.5 Å². The van der Waals surface area contributed by atoms with Crippen LogP contribution in [0.3, 0.4) is 0 Å². The maximum absolute atomic E-state index is 12.7. The number of carbonyl (C=O) groups excluding carboxylic acids is 1. The molecular weight excluding hydrogens is 473 g/mol. The molecule has 1 aliphatic heterocycles. The van der Waals surface area contributed by atoms with Gasteiger partial charge in [0.05, 0.1) is 15.0 Å². The molecule has 0 aliphatic carbocycles. The molecule has 30 heavy (non-hydrogen) atoms. The summed E-state index contributed by atoms with van der Waals surface area (Å²) in [5.74, 6) is -2.34. The molecule has 1 fully saturated rings. The second kappa shape index (κ2) is 9.22. The number of hydrogen-bond acceptors (Lipinski definition) is 6. The molecule has 2 N–H and O–H groups in total. The van der Waals surface area contributed by atoms with E-state index in [0.29, 0.717) is 27.1 Å². The van der Waals surface area contributed by atoms with Gasteiger partial charge in [-0.2, -0.15) is 0 Å². The van der Waals surface area contributed by atoms with Crippen molar-refractivity contribution in [2.75, 3.05) is 0 Å². The number of nitrogens with zero attached hydrogens (tertiary/aromatic N) is 1. The number of hydrogen-bond donors (Lipinski definition) is 2. The van der Waals surface area contributed by atoms with Crippen LogP contribution in [0.1, 0.15) is 18.6 Å². The fourth-order valence-electron chi connectivity index (χ4n) is 2.77. The summed E-state index contributed by atoms with van der Waals surface area (Å²) in [4.78, 5) is 36.2. The number of amides is 1. The Morgan fingerprint density at radius 1 is 1.23 bits per heavy atom. The van der Waals surface area contributed by atoms with Gasteiger partial charge in [-0.1, -0.05) is 53.2 Å². The molecule has 1 atom stereocenters. The third-order valence-electron chi connectivity index (χ3n) is 4.17. The van der Waals surface area contributed by atoms with Gasteiger partial charge in [0.25, 0.3) is 5.91 Å². The Kier molecular flexibility index (Phi) is 6.87. The number of thioether (sulfide) groups is 1. The van der Waals surface area contributed by atoms with Crippen molar-refractivity contribution in [1.29, 1.82) is 0 Å². The monoisotopic (exact) mass is 485 g/mol. The number of halogens is 2. The lowest BCUT2D eigenvalue weighted by molar-refractivity contribution is -0.146. The highest BCUT2D eigenvalue weighted by Gasteiger charge is 2.40. The van der Waals surface area contributed by atoms with Crippen molar-refractivity contribution in [2.24, 2.45) is 0 Å². The smallest absolute Gasteiger partial charge is 0.326 e. The number of rotatable bonds is 7. The van der Waals surface area contributed by atoms with E-state index in [9.17, 15) is 19.5 Å². The molecule has 1 amide bonds. The van der Waals surface area contributed by atoms with Gasteiger partial charge in [0.1, 0.15) is 21.9 Å². The zero-order chi connectivity index (χ0) is 22.0. The summed E-state index contributed by atoms with van der Waals surface area (Å²) in [5.41, 5.74) is 0.580. The summed E-state index contributed by atoms with van der Waals surface area (Å²) < 4.78 is 5.77. The fraction of sp³-hybridized carbons (Fsp3) is 0.158. The first-order valence-electron chi connectivity index (χ1n) is 8.45. The molecule has 1 aromatic carbocycles. The van der Waals surface area contributed by atoms with Crippen molar-refractivity contribution in [1.82, 2.24) is 4.90 Å². The van der Waals surface area contributed by atoms with Crippen LogP contribution in [0.25, 0.3) is 17.4 Å². The van der Waals surface area contributed by atoms with Crippen molar-refractivity contribution in [3.8, 4) is 11.3 Å². The average molecular weight is 486 g/mol. The first-order valence-corrected chi connectivity index (χ1v) is 10.4. The minimum absolute atomic E-state index is 0.0358. The van der Waals surface area contributed by atoms with E-state index in [0.717, 1.165) is 16.7 Å². The molecule has 0 spiro atoms. The summed E-state index contributed by atoms with van der Waals surface area (Å²) in [6, 6.07) is 7.02. The number of furan rings is 1. The van der Waals surface area contributed by atoms with E-state index >= 15 is 0 Å². The molecule has 3 rings (SSSR count). The lowest BCUT2D eigenvalue weighted by atomic mass is 10.1. The highest BCUT2D eigenvalue weighted by Crippen LogP contribution is 2.37. The van der Waals surface area contributed by atoms with Crippen molar-refractivity contribution in [3.05, 3.63) is 51.0 Å². The number of benzene rings is 1. The standard InChI is InChI=1S/C19H13Cl2NO6S2/c20-11-3-1-2-10(16(11)21)13-6-4-9(28-13)8-14-17(25)22(19(29)30-14)12(18(26)27)5-7-15(23)24/h1-4,6,8,12H,5,7H2,(H,23,24)(H,26,27). The molecule has 2 heterocycles. The van der Waals surface area contributed by atoms with E-state index in [1.807, 2.05) is 0 Å². The number of aliphatic carboxylic acids is 2. The first-order chi connectivity index (χ1) is 14.2. The topological polar surface area (TPSA) is 108 Å². The predicted molar refractivity (Wildman–Crippen MR) is 117 cm³/mol. The average Bonchev–Trinajstić information content (AvgIpc) is 3.23. The van der Waals surface area contributed by atoms with Crippen molar-refractivity contribution in [3.63, 3.8) is 0 Å². The van der Waals surface area contributed by atoms with Crippen LogP contribution in [0.15, 0.2) is 39.7 Å². The van der Waals surface area contributed by atoms with E-state index in [1.54, 1.807) is 30.3 Å². The second-order valence-corrected chi connectivity index (χ2v) is 8.60. The summed E-state index contributed by atoms with van der Waals surface area (Å²) in [6.07, 6.45) is 0.773. The van der Waals surface area contributed by atoms with Crippen LogP contribution in [-0.2, 0) is 14.4 Å². The van der Waals surface area contributed by atoms with Crippen molar-refractivity contribution < 1.29 is 29.0 Å². The van der Waals surface area contributed by atoms with E-state index in [-0.39, 0.29) is 15.6 Å². The minimum Gasteiger partial charge on any atom is -0.481 e. The molecule has 2 aromatic rings. The van der Waals surface area contributed by atoms with Gasteiger partial charge in [-0.25, -0.2) is 4.79 Å². The Labute approximate surface area is 190 Å². The van der Waals surface area contributed by atoms with Gasteiger partial charge in [0, 0.05) is 18.1 Å². The van der Waals surface area contributed by atoms with Crippen LogP contribution in [0.5, 0.6) is 0 Å². The Morgan fingerprint density at radius 2 is 1.97 bits per heavy atom. The van der Waals surface area contributed by atoms with Gasteiger partial charge in [0.15, 0.2) is 0 Å². The van der Waals surface area contributed by atoms with Gasteiger partial charge in [0.2, 0.25) is 0 Å². The number of carbonyl (C=O) groups is 3. The van der Waals surface area contributed by atoms with Gasteiger partial charge < -0.3 is 14.6 Å². The van der Waals surface area contributed by atoms with E-state index < -0.39 is 30.3 Å². The van der Waals surface area contributed by atoms with Crippen LogP contribution in [0.2, 0.25) is 10.0 Å². The summed E-state index contributed by atoms with van der Waals surface area (Å²) in [6.45, 7) is 0. The SMILES string of the molecule is O=C(O)CCC(C(=O)O)N1C(=O)C(=Cc2ccc(-c3cccc(Cl)c3Cl)o2)SC1=S. The van der Waals surface area contributed by atoms with Gasteiger partial charge in [-0.15, -0.1) is 0 Å². The van der Waals surface area contributed by atoms with Crippen LogP contribution >= 0.6 is 47.2 Å². The highest BCUT2D eigenvalue weighted by molar-refractivity contribution is 8.26. The van der Waals surface area contributed by atoms with Crippen LogP contribution < -0.4 is 0 Å². The maximum atomic E-state index is 12.7. The summed E-state index contributed by atoms with van der Waals surface area (Å²) in [7, 11) is 0. The molecule has 0 radical (unpaired) electrons. The van der Waals surface area contributed by atoms with Crippen LogP contribution in [0.4, 0.5) is 0 Å². The first kappa shape index (κ1) is 22.4. The van der Waals surface area contributed by atoms with Crippen LogP contribution in [0, 0.1) is 0 Å². The molecule has 0 saturated carbocycles. The third kappa shape index (κ3) is 4.70. The molecule has 156 valence electrons. The van der Waals surface area contributed by atoms with E-state index in [1.165, 1.54) is 6.08 Å². The maximum Gasteiger partial charge on any atom is 0.326 e. The van der Waals surface area contributed by atoms with Crippen molar-refractivity contribution in [2.45, 2.75) is 18.9 Å². The Morgan fingerprint density at radius 3 is 2.63 bits per heavy atom. The highest BCUT2D eigenvalue weighted by atomic mass is 35.5. The van der Waals surface area contributed by atoms with Gasteiger partial charge in [-0.05, 0) is 30.7 Å². The van der Waals surface area contributed by atoms with Crippen LogP contribution in [-0.4, -0.2) is 43.3 Å². The molecule has 1 aromatic heterocycles. The lowest BCUT2D eigenvalue weighted by Gasteiger charge is -2.22. The fourth-order valence-corrected chi connectivity index (χ4v) is 4.50. The Hall–Kier alpha value is -2.33. The quantitative estimate of drug-likeness (QED) is 0.426. The molecule has 1 saturated heterocycles. The summed E-state index contributed by atoms with van der Waals surface area (Å²) in [5, 5.41) is 18.9. The number of carboxylic acid groups (broad SMARTS) is 2.